The number of carboxylic acid groups (broad SMARTS) is 4. The van der Waals surface area contributed by atoms with Gasteiger partial charge in [-0.2, -0.15) is 0 Å². The molecule has 136 valence electrons. The third-order valence-electron chi connectivity index (χ3n) is 0.167. The average Bonchev–Trinajstić information content (AvgIpc) is 2.13. The van der Waals surface area contributed by atoms with Gasteiger partial charge >= 0.3 is 33.6 Å². The monoisotopic (exact) mass is 414 g/mol. The largest absolute Gasteiger partial charge is 2.00 e. The van der Waals surface area contributed by atoms with Gasteiger partial charge in [-0.15, -0.1) is 0 Å². The Hall–Kier alpha value is -1.19. The third kappa shape index (κ3) is 171000. The van der Waals surface area contributed by atoms with Gasteiger partial charge in [-0.1, -0.05) is 0 Å². The zero-order valence-electron chi connectivity index (χ0n) is 12.5. The summed E-state index contributed by atoms with van der Waals surface area (Å²) in [6.45, 7) is 5.08. The molecule has 0 aliphatic heterocycles. The Morgan fingerprint density at radius 2 is 0.636 bits per heavy atom. The van der Waals surface area contributed by atoms with E-state index in [0.717, 1.165) is 27.7 Å². The number of hydrogen-bond donors (Lipinski definition) is 2. The number of carboxylic acids is 4. The van der Waals surface area contributed by atoms with Crippen LogP contribution < -0.4 is 31.9 Å². The number of nitrogens with two attached hydrogens (primary N) is 2. The van der Waals surface area contributed by atoms with Crippen LogP contribution in [-0.4, -0.2) is 37.0 Å². The molecule has 0 aliphatic rings. The van der Waals surface area contributed by atoms with Crippen molar-refractivity contribution >= 4 is 23.9 Å². The van der Waals surface area contributed by atoms with Crippen LogP contribution in [0.1, 0.15) is 27.7 Å². The van der Waals surface area contributed by atoms with Crippen LogP contribution in [0, 0.1) is 0 Å². The standard InChI is InChI=1S/C2H8N2.4C2H4O2.2Co/c3-1-2-4;4*1-2(3)4;;/h1-4H2;4*1H3,(H,3,4);;/q;;;;;2*+2/p-4. The minimum atomic E-state index is -1.08. The number of carbonyl (C=O) groups excluding carboxylic acids is 4. The van der Waals surface area contributed by atoms with Crippen molar-refractivity contribution in [1.29, 1.82) is 0 Å². The van der Waals surface area contributed by atoms with Crippen LogP contribution in [0.2, 0.25) is 0 Å². The van der Waals surface area contributed by atoms with Gasteiger partial charge in [0.1, 0.15) is 0 Å². The van der Waals surface area contributed by atoms with E-state index in [0.29, 0.717) is 13.1 Å². The molecule has 4 N–H and O–H groups in total. The molecule has 0 bridgehead atoms. The Bertz CT molecular complexity index is 199. The van der Waals surface area contributed by atoms with E-state index in [1.165, 1.54) is 0 Å². The van der Waals surface area contributed by atoms with Crippen molar-refractivity contribution in [2.45, 2.75) is 27.7 Å². The first-order chi connectivity index (χ1) is 8.84. The molecule has 0 rings (SSSR count). The Kier molecular flexibility index (Phi) is 83.1. The topological polar surface area (TPSA) is 213 Å². The van der Waals surface area contributed by atoms with Crippen molar-refractivity contribution in [2.75, 3.05) is 13.1 Å². The number of aliphatic carboxylic acids is 4. The quantitative estimate of drug-likeness (QED) is 0.414. The molecule has 0 heterocycles. The normalized spacial score (nSPS) is 5.91. The fourth-order valence-electron chi connectivity index (χ4n) is 0. The smallest absolute Gasteiger partial charge is 0.550 e. The van der Waals surface area contributed by atoms with Crippen LogP contribution >= 0.6 is 0 Å². The van der Waals surface area contributed by atoms with E-state index in [1.54, 1.807) is 0 Å². The van der Waals surface area contributed by atoms with Crippen molar-refractivity contribution in [3.05, 3.63) is 0 Å². The van der Waals surface area contributed by atoms with Crippen molar-refractivity contribution in [3.8, 4) is 0 Å². The average molecular weight is 414 g/mol. The molecule has 0 fully saturated rings. The van der Waals surface area contributed by atoms with E-state index in [1.807, 2.05) is 0 Å². The Morgan fingerprint density at radius 3 is 0.636 bits per heavy atom. The molecule has 0 spiro atoms. The van der Waals surface area contributed by atoms with Crippen LogP contribution in [0.3, 0.4) is 0 Å². The van der Waals surface area contributed by atoms with Gasteiger partial charge in [0.25, 0.3) is 0 Å². The van der Waals surface area contributed by atoms with Gasteiger partial charge in [-0.3, -0.25) is 0 Å². The van der Waals surface area contributed by atoms with Crippen LogP contribution in [-0.2, 0) is 52.7 Å². The fraction of sp³-hybridized carbons (Fsp3) is 0.600. The summed E-state index contributed by atoms with van der Waals surface area (Å²) in [5.41, 5.74) is 9.81. The Balaban J connectivity index is -0.0000000250. The second kappa shape index (κ2) is 42.7. The molecule has 0 aromatic rings. The predicted molar refractivity (Wildman–Crippen MR) is 60.8 cm³/mol. The minimum Gasteiger partial charge on any atom is -0.550 e. The zero-order chi connectivity index (χ0) is 17.7. The summed E-state index contributed by atoms with van der Waals surface area (Å²) in [7, 11) is 0. The van der Waals surface area contributed by atoms with Crippen LogP contribution in [0.4, 0.5) is 0 Å². The summed E-state index contributed by atoms with van der Waals surface area (Å²) in [4.78, 5) is 35.6. The Morgan fingerprint density at radius 1 is 0.591 bits per heavy atom. The van der Waals surface area contributed by atoms with E-state index in [9.17, 15) is 0 Å². The van der Waals surface area contributed by atoms with E-state index >= 15 is 0 Å². The van der Waals surface area contributed by atoms with Crippen molar-refractivity contribution in [3.63, 3.8) is 0 Å². The number of carbonyl (C=O) groups is 4. The Labute approximate surface area is 149 Å². The molecule has 0 aliphatic carbocycles. The van der Waals surface area contributed by atoms with Crippen molar-refractivity contribution in [2.24, 2.45) is 11.5 Å². The second-order valence-electron chi connectivity index (χ2n) is 2.54. The SMILES string of the molecule is CC(=O)[O-].CC(=O)[O-].CC(=O)[O-].CC(=O)[O-].NCCN.[Co+2].[Co+2]. The van der Waals surface area contributed by atoms with Crippen molar-refractivity contribution < 1.29 is 73.2 Å². The predicted octanol–water partition coefficient (Wildman–Crippen LogP) is -6.08. The summed E-state index contributed by atoms with van der Waals surface area (Å²) in [6, 6.07) is 0. The molecule has 0 amide bonds. The van der Waals surface area contributed by atoms with Gasteiger partial charge in [0.05, 0.1) is 0 Å². The molecule has 0 saturated heterocycles. The first kappa shape index (κ1) is 42.8. The summed E-state index contributed by atoms with van der Waals surface area (Å²) in [5, 5.41) is 35.6. The van der Waals surface area contributed by atoms with Gasteiger partial charge in [-0.25, -0.2) is 0 Å². The van der Waals surface area contributed by atoms with Crippen LogP contribution in [0.5, 0.6) is 0 Å². The molecule has 0 unspecified atom stereocenters. The fourth-order valence-corrected chi connectivity index (χ4v) is 0. The maximum atomic E-state index is 8.89. The van der Waals surface area contributed by atoms with Gasteiger partial charge in [0, 0.05) is 37.0 Å². The van der Waals surface area contributed by atoms with Gasteiger partial charge in [-0.05, 0) is 27.7 Å². The number of rotatable bonds is 1. The summed E-state index contributed by atoms with van der Waals surface area (Å²) in [6.07, 6.45) is 0. The molecule has 12 heteroatoms. The molecule has 2 radical (unpaired) electrons. The summed E-state index contributed by atoms with van der Waals surface area (Å²) in [5.74, 6) is -4.33. The molecule has 10 nitrogen and oxygen atoms in total. The van der Waals surface area contributed by atoms with E-state index in [-0.39, 0.29) is 33.6 Å². The van der Waals surface area contributed by atoms with Gasteiger partial charge in [0.15, 0.2) is 0 Å². The van der Waals surface area contributed by atoms with Crippen molar-refractivity contribution in [1.82, 2.24) is 0 Å². The van der Waals surface area contributed by atoms with E-state index < -0.39 is 23.9 Å². The third-order valence-corrected chi connectivity index (χ3v) is 0.167. The molecule has 0 atom stereocenters. The van der Waals surface area contributed by atoms with E-state index in [4.69, 9.17) is 51.1 Å². The maximum Gasteiger partial charge on any atom is 2.00 e. The molecular weight excluding hydrogens is 394 g/mol. The maximum absolute atomic E-state index is 8.89. The molecule has 22 heavy (non-hydrogen) atoms. The van der Waals surface area contributed by atoms with Gasteiger partial charge in [0.2, 0.25) is 0 Å². The molecule has 0 saturated carbocycles. The first-order valence-corrected chi connectivity index (χ1v) is 4.95. The summed E-state index contributed by atoms with van der Waals surface area (Å²) < 4.78 is 0. The minimum absolute atomic E-state index is 0. The first-order valence-electron chi connectivity index (χ1n) is 4.95. The molecule has 0 aromatic carbocycles. The second-order valence-corrected chi connectivity index (χ2v) is 2.54. The van der Waals surface area contributed by atoms with Gasteiger partial charge < -0.3 is 51.1 Å². The summed E-state index contributed by atoms with van der Waals surface area (Å²) >= 11 is 0. The molecule has 0 aromatic heterocycles. The molecular formula is C10H20Co2N2O8. The van der Waals surface area contributed by atoms with E-state index in [2.05, 4.69) is 0 Å². The van der Waals surface area contributed by atoms with Crippen LogP contribution in [0.15, 0.2) is 0 Å². The van der Waals surface area contributed by atoms with Crippen LogP contribution in [0.25, 0.3) is 0 Å². The number of hydrogen-bond acceptors (Lipinski definition) is 10. The zero-order valence-corrected chi connectivity index (χ0v) is 14.6.